The summed E-state index contributed by atoms with van der Waals surface area (Å²) in [5, 5.41) is 1.89. The van der Waals surface area contributed by atoms with E-state index >= 15 is 0 Å². The van der Waals surface area contributed by atoms with E-state index in [9.17, 15) is 0 Å². The lowest BCUT2D eigenvalue weighted by Gasteiger charge is -1.83. The van der Waals surface area contributed by atoms with E-state index in [4.69, 9.17) is 12.8 Å². The van der Waals surface area contributed by atoms with Crippen molar-refractivity contribution in [2.24, 2.45) is 0 Å². The SMILES string of the molecule is C#CC[NH2+]CC#C. The Morgan fingerprint density at radius 1 is 1.14 bits per heavy atom. The molecule has 0 atom stereocenters. The maximum absolute atomic E-state index is 4.92. The van der Waals surface area contributed by atoms with Crippen LogP contribution in [0.25, 0.3) is 0 Å². The van der Waals surface area contributed by atoms with Crippen molar-refractivity contribution in [3.63, 3.8) is 0 Å². The van der Waals surface area contributed by atoms with Crippen LogP contribution in [-0.2, 0) is 0 Å². The summed E-state index contributed by atoms with van der Waals surface area (Å²) in [6, 6.07) is 0. The van der Waals surface area contributed by atoms with Gasteiger partial charge in [0, 0.05) is 0 Å². The zero-order valence-electron chi connectivity index (χ0n) is 4.15. The highest BCUT2D eigenvalue weighted by Gasteiger charge is 1.74. The van der Waals surface area contributed by atoms with Crippen molar-refractivity contribution in [1.29, 1.82) is 0 Å². The van der Waals surface area contributed by atoms with Gasteiger partial charge in [0.05, 0.1) is 0 Å². The summed E-state index contributed by atoms with van der Waals surface area (Å²) >= 11 is 0. The minimum absolute atomic E-state index is 0.685. The predicted octanol–water partition coefficient (Wildman–Crippen LogP) is -1.18. The Morgan fingerprint density at radius 2 is 1.57 bits per heavy atom. The summed E-state index contributed by atoms with van der Waals surface area (Å²) < 4.78 is 0. The van der Waals surface area contributed by atoms with E-state index in [-0.39, 0.29) is 0 Å². The van der Waals surface area contributed by atoms with Gasteiger partial charge >= 0.3 is 0 Å². The van der Waals surface area contributed by atoms with Crippen molar-refractivity contribution in [3.05, 3.63) is 0 Å². The monoisotopic (exact) mass is 94.1 g/mol. The van der Waals surface area contributed by atoms with Crippen molar-refractivity contribution in [3.8, 4) is 24.7 Å². The van der Waals surface area contributed by atoms with Crippen LogP contribution in [0.5, 0.6) is 0 Å². The fourth-order valence-corrected chi connectivity index (χ4v) is 0.239. The van der Waals surface area contributed by atoms with Gasteiger partial charge in [-0.3, -0.25) is 0 Å². The molecule has 0 heterocycles. The largest absolute Gasteiger partial charge is 0.326 e. The number of rotatable bonds is 2. The second kappa shape index (κ2) is 5.08. The number of terminal acetylenes is 2. The number of hydrogen-bond donors (Lipinski definition) is 1. The average molecular weight is 94.1 g/mol. The van der Waals surface area contributed by atoms with Gasteiger partial charge in [0.25, 0.3) is 0 Å². The summed E-state index contributed by atoms with van der Waals surface area (Å²) in [5.41, 5.74) is 0. The molecule has 0 aliphatic rings. The number of quaternary nitrogens is 1. The molecule has 0 aliphatic carbocycles. The molecule has 0 spiro atoms. The molecular weight excluding hydrogens is 86.1 g/mol. The van der Waals surface area contributed by atoms with Crippen LogP contribution < -0.4 is 5.32 Å². The summed E-state index contributed by atoms with van der Waals surface area (Å²) in [7, 11) is 0. The lowest BCUT2D eigenvalue weighted by Crippen LogP contribution is -2.83. The van der Waals surface area contributed by atoms with Crippen molar-refractivity contribution in [1.82, 2.24) is 0 Å². The van der Waals surface area contributed by atoms with Crippen LogP contribution in [-0.4, -0.2) is 13.1 Å². The molecule has 0 unspecified atom stereocenters. The van der Waals surface area contributed by atoms with Crippen LogP contribution >= 0.6 is 0 Å². The van der Waals surface area contributed by atoms with E-state index in [2.05, 4.69) is 11.8 Å². The maximum Gasteiger partial charge on any atom is 0.138 e. The number of hydrogen-bond acceptors (Lipinski definition) is 0. The molecular formula is C6H8N+. The topological polar surface area (TPSA) is 16.6 Å². The van der Waals surface area contributed by atoms with Crippen LogP contribution in [0.15, 0.2) is 0 Å². The van der Waals surface area contributed by atoms with E-state index in [1.807, 2.05) is 5.32 Å². The van der Waals surface area contributed by atoms with Gasteiger partial charge < -0.3 is 5.32 Å². The summed E-state index contributed by atoms with van der Waals surface area (Å²) in [4.78, 5) is 0. The Hall–Kier alpha value is -0.920. The van der Waals surface area contributed by atoms with Crippen molar-refractivity contribution < 1.29 is 5.32 Å². The molecule has 2 N–H and O–H groups in total. The van der Waals surface area contributed by atoms with Gasteiger partial charge in [-0.25, -0.2) is 0 Å². The third-order valence-electron chi connectivity index (χ3n) is 0.524. The summed E-state index contributed by atoms with van der Waals surface area (Å²) in [6.07, 6.45) is 9.84. The molecule has 0 aromatic rings. The van der Waals surface area contributed by atoms with Gasteiger partial charge in [-0.15, -0.1) is 12.8 Å². The summed E-state index contributed by atoms with van der Waals surface area (Å²) in [6.45, 7) is 1.37. The molecule has 0 amide bonds. The highest BCUT2D eigenvalue weighted by atomic mass is 14.8. The molecule has 0 radical (unpaired) electrons. The van der Waals surface area contributed by atoms with E-state index in [0.717, 1.165) is 0 Å². The van der Waals surface area contributed by atoms with Crippen LogP contribution in [0, 0.1) is 24.7 Å². The van der Waals surface area contributed by atoms with Gasteiger partial charge in [0.2, 0.25) is 0 Å². The zero-order valence-corrected chi connectivity index (χ0v) is 4.15. The van der Waals surface area contributed by atoms with Gasteiger partial charge in [-0.2, -0.15) is 0 Å². The van der Waals surface area contributed by atoms with Gasteiger partial charge in [0.1, 0.15) is 13.1 Å². The molecule has 1 nitrogen and oxygen atoms in total. The highest BCUT2D eigenvalue weighted by Crippen LogP contribution is 1.34. The third kappa shape index (κ3) is 5.08. The van der Waals surface area contributed by atoms with Crippen molar-refractivity contribution in [2.75, 3.05) is 13.1 Å². The van der Waals surface area contributed by atoms with Gasteiger partial charge in [-0.1, -0.05) is 0 Å². The fraction of sp³-hybridized carbons (Fsp3) is 0.333. The standard InChI is InChI=1S/C6H7N/c1-3-5-7-6-4-2/h1-2,7H,5-6H2/p+1. The first-order valence-corrected chi connectivity index (χ1v) is 2.10. The molecule has 0 aliphatic heterocycles. The lowest BCUT2D eigenvalue weighted by atomic mass is 10.6. The molecule has 36 valence electrons. The molecule has 7 heavy (non-hydrogen) atoms. The normalized spacial score (nSPS) is 6.57. The predicted molar refractivity (Wildman–Crippen MR) is 29.3 cm³/mol. The van der Waals surface area contributed by atoms with E-state index < -0.39 is 0 Å². The van der Waals surface area contributed by atoms with E-state index in [1.54, 1.807) is 0 Å². The van der Waals surface area contributed by atoms with Crippen LogP contribution in [0.2, 0.25) is 0 Å². The molecule has 0 saturated carbocycles. The Labute approximate surface area is 44.1 Å². The highest BCUT2D eigenvalue weighted by molar-refractivity contribution is 4.84. The second-order valence-electron chi connectivity index (χ2n) is 1.11. The zero-order chi connectivity index (χ0) is 5.54. The molecule has 0 saturated heterocycles. The minimum atomic E-state index is 0.685. The first-order chi connectivity index (χ1) is 3.41. The Morgan fingerprint density at radius 3 is 1.86 bits per heavy atom. The third-order valence-corrected chi connectivity index (χ3v) is 0.524. The van der Waals surface area contributed by atoms with Gasteiger partial charge in [0.15, 0.2) is 0 Å². The second-order valence-corrected chi connectivity index (χ2v) is 1.11. The van der Waals surface area contributed by atoms with Gasteiger partial charge in [-0.05, 0) is 11.8 Å². The van der Waals surface area contributed by atoms with Crippen molar-refractivity contribution in [2.45, 2.75) is 0 Å². The van der Waals surface area contributed by atoms with Crippen molar-refractivity contribution >= 4 is 0 Å². The summed E-state index contributed by atoms with van der Waals surface area (Å²) in [5.74, 6) is 4.90. The maximum atomic E-state index is 4.92. The smallest absolute Gasteiger partial charge is 0.138 e. The first-order valence-electron chi connectivity index (χ1n) is 2.10. The first kappa shape index (κ1) is 6.08. The average Bonchev–Trinajstić information content (AvgIpc) is 1.69. The Balaban J connectivity index is 2.77. The minimum Gasteiger partial charge on any atom is -0.326 e. The molecule has 0 aromatic carbocycles. The van der Waals surface area contributed by atoms with Crippen LogP contribution in [0.3, 0.4) is 0 Å². The Bertz CT molecular complexity index is 88.3. The number of nitrogens with two attached hydrogens (primary N) is 1. The van der Waals surface area contributed by atoms with Crippen LogP contribution in [0.1, 0.15) is 0 Å². The van der Waals surface area contributed by atoms with E-state index in [0.29, 0.717) is 13.1 Å². The lowest BCUT2D eigenvalue weighted by molar-refractivity contribution is -0.632. The molecule has 0 aromatic heterocycles. The molecule has 0 rings (SSSR count). The van der Waals surface area contributed by atoms with E-state index in [1.165, 1.54) is 0 Å². The molecule has 0 bridgehead atoms. The fourth-order valence-electron chi connectivity index (χ4n) is 0.239. The molecule has 1 heteroatoms. The quantitative estimate of drug-likeness (QED) is 0.327. The van der Waals surface area contributed by atoms with Crippen LogP contribution in [0.4, 0.5) is 0 Å². The Kier molecular flexibility index (Phi) is 4.41. The molecule has 0 fully saturated rings.